The second-order valence-electron chi connectivity index (χ2n) is 4.47. The van der Waals surface area contributed by atoms with Crippen LogP contribution in [0.1, 0.15) is 24.1 Å². The zero-order valence-corrected chi connectivity index (χ0v) is 10.7. The van der Waals surface area contributed by atoms with E-state index in [9.17, 15) is 13.2 Å². The first-order valence-corrected chi connectivity index (χ1v) is 5.95. The number of anilines is 1. The molecule has 1 atom stereocenters. The van der Waals surface area contributed by atoms with Crippen molar-refractivity contribution in [3.05, 3.63) is 65.0 Å². The Morgan fingerprint density at radius 3 is 2.53 bits per heavy atom. The monoisotopic (exact) mass is 265 g/mol. The first-order valence-electron chi connectivity index (χ1n) is 5.95. The molecule has 4 heteroatoms. The summed E-state index contributed by atoms with van der Waals surface area (Å²) in [6, 6.07) is 7.88. The van der Waals surface area contributed by atoms with Crippen LogP contribution in [0.4, 0.5) is 18.9 Å². The van der Waals surface area contributed by atoms with Gasteiger partial charge in [-0.25, -0.2) is 13.2 Å². The van der Waals surface area contributed by atoms with Gasteiger partial charge in [-0.1, -0.05) is 18.2 Å². The van der Waals surface area contributed by atoms with E-state index in [4.69, 9.17) is 0 Å². The molecular weight excluding hydrogens is 251 g/mol. The van der Waals surface area contributed by atoms with Crippen molar-refractivity contribution in [3.8, 4) is 0 Å². The van der Waals surface area contributed by atoms with E-state index >= 15 is 0 Å². The van der Waals surface area contributed by atoms with E-state index in [-0.39, 0.29) is 11.4 Å². The van der Waals surface area contributed by atoms with Gasteiger partial charge in [0.15, 0.2) is 11.6 Å². The fourth-order valence-corrected chi connectivity index (χ4v) is 1.92. The number of hydrogen-bond acceptors (Lipinski definition) is 1. The Hall–Kier alpha value is -1.97. The molecule has 0 aromatic heterocycles. The van der Waals surface area contributed by atoms with Crippen LogP contribution in [0.2, 0.25) is 0 Å². The minimum atomic E-state index is -0.887. The lowest BCUT2D eigenvalue weighted by Crippen LogP contribution is -2.10. The van der Waals surface area contributed by atoms with Crippen molar-refractivity contribution >= 4 is 5.69 Å². The molecule has 1 nitrogen and oxygen atoms in total. The molecule has 1 N–H and O–H groups in total. The van der Waals surface area contributed by atoms with Crippen molar-refractivity contribution in [2.24, 2.45) is 0 Å². The first kappa shape index (κ1) is 13.5. The van der Waals surface area contributed by atoms with Crippen molar-refractivity contribution in [1.29, 1.82) is 0 Å². The van der Waals surface area contributed by atoms with Gasteiger partial charge in [0, 0.05) is 11.3 Å². The van der Waals surface area contributed by atoms with Crippen LogP contribution in [0.3, 0.4) is 0 Å². The molecule has 2 rings (SSSR count). The third kappa shape index (κ3) is 2.89. The summed E-state index contributed by atoms with van der Waals surface area (Å²) < 4.78 is 40.0. The molecule has 0 aliphatic rings. The highest BCUT2D eigenvalue weighted by molar-refractivity contribution is 5.52. The van der Waals surface area contributed by atoms with Gasteiger partial charge in [0.2, 0.25) is 0 Å². The van der Waals surface area contributed by atoms with Crippen molar-refractivity contribution in [2.45, 2.75) is 19.9 Å². The Morgan fingerprint density at radius 2 is 1.79 bits per heavy atom. The summed E-state index contributed by atoms with van der Waals surface area (Å²) in [7, 11) is 0. The lowest BCUT2D eigenvalue weighted by atomic mass is 10.1. The fraction of sp³-hybridized carbons (Fsp3) is 0.200. The molecule has 19 heavy (non-hydrogen) atoms. The second-order valence-corrected chi connectivity index (χ2v) is 4.47. The van der Waals surface area contributed by atoms with E-state index in [1.807, 2.05) is 6.92 Å². The summed E-state index contributed by atoms with van der Waals surface area (Å²) in [5.74, 6) is -2.14. The van der Waals surface area contributed by atoms with Crippen molar-refractivity contribution in [3.63, 3.8) is 0 Å². The van der Waals surface area contributed by atoms with E-state index in [1.54, 1.807) is 13.0 Å². The van der Waals surface area contributed by atoms with Crippen LogP contribution in [-0.4, -0.2) is 0 Å². The van der Waals surface area contributed by atoms with Crippen LogP contribution in [0.25, 0.3) is 0 Å². The highest BCUT2D eigenvalue weighted by atomic mass is 19.2. The highest BCUT2D eigenvalue weighted by Crippen LogP contribution is 2.25. The third-order valence-corrected chi connectivity index (χ3v) is 3.02. The molecular formula is C15H14F3N. The molecule has 0 heterocycles. The van der Waals surface area contributed by atoms with Crippen molar-refractivity contribution < 1.29 is 13.2 Å². The van der Waals surface area contributed by atoms with E-state index < -0.39 is 17.7 Å². The van der Waals surface area contributed by atoms with Crippen LogP contribution in [0.5, 0.6) is 0 Å². The average molecular weight is 265 g/mol. The maximum Gasteiger partial charge on any atom is 0.164 e. The molecule has 0 spiro atoms. The Bertz CT molecular complexity index is 596. The topological polar surface area (TPSA) is 12.0 Å². The summed E-state index contributed by atoms with van der Waals surface area (Å²) in [6.45, 7) is 3.51. The molecule has 2 aromatic rings. The van der Waals surface area contributed by atoms with E-state index in [0.29, 0.717) is 5.69 Å². The first-order chi connectivity index (χ1) is 8.99. The zero-order valence-electron chi connectivity index (χ0n) is 10.7. The van der Waals surface area contributed by atoms with Gasteiger partial charge in [-0.15, -0.1) is 0 Å². The van der Waals surface area contributed by atoms with Crippen LogP contribution in [0, 0.1) is 24.4 Å². The van der Waals surface area contributed by atoms with Gasteiger partial charge in [0.25, 0.3) is 0 Å². The standard InChI is InChI=1S/C15H14F3N/c1-9-6-7-11(16)8-14(9)19-10(2)12-4-3-5-13(17)15(12)18/h3-8,10,19H,1-2H3. The molecule has 1 unspecified atom stereocenters. The molecule has 0 radical (unpaired) electrons. The van der Waals surface area contributed by atoms with E-state index in [1.165, 1.54) is 24.3 Å². The Labute approximate surface area is 110 Å². The maximum absolute atomic E-state index is 13.6. The van der Waals surface area contributed by atoms with Gasteiger partial charge >= 0.3 is 0 Å². The number of halogens is 3. The van der Waals surface area contributed by atoms with Crippen LogP contribution < -0.4 is 5.32 Å². The minimum absolute atomic E-state index is 0.212. The van der Waals surface area contributed by atoms with Gasteiger partial charge in [-0.3, -0.25) is 0 Å². The fourth-order valence-electron chi connectivity index (χ4n) is 1.92. The maximum atomic E-state index is 13.6. The molecule has 0 saturated carbocycles. The minimum Gasteiger partial charge on any atom is -0.378 e. The van der Waals surface area contributed by atoms with Gasteiger partial charge in [0.05, 0.1) is 6.04 Å². The quantitative estimate of drug-likeness (QED) is 0.856. The van der Waals surface area contributed by atoms with Gasteiger partial charge < -0.3 is 5.32 Å². The predicted molar refractivity (Wildman–Crippen MR) is 69.5 cm³/mol. The van der Waals surface area contributed by atoms with Crippen LogP contribution >= 0.6 is 0 Å². The summed E-state index contributed by atoms with van der Waals surface area (Å²) in [5.41, 5.74) is 1.62. The lowest BCUT2D eigenvalue weighted by molar-refractivity contribution is 0.494. The number of hydrogen-bond donors (Lipinski definition) is 1. The number of nitrogens with one attached hydrogen (secondary N) is 1. The summed E-state index contributed by atoms with van der Waals surface area (Å²) in [4.78, 5) is 0. The molecule has 100 valence electrons. The van der Waals surface area contributed by atoms with Crippen molar-refractivity contribution in [1.82, 2.24) is 0 Å². The smallest absolute Gasteiger partial charge is 0.164 e. The highest BCUT2D eigenvalue weighted by Gasteiger charge is 2.14. The molecule has 0 aliphatic heterocycles. The number of rotatable bonds is 3. The SMILES string of the molecule is Cc1ccc(F)cc1NC(C)c1cccc(F)c1F. The molecule has 2 aromatic carbocycles. The normalized spacial score (nSPS) is 12.3. The van der Waals surface area contributed by atoms with Gasteiger partial charge in [-0.2, -0.15) is 0 Å². The van der Waals surface area contributed by atoms with Crippen LogP contribution in [-0.2, 0) is 0 Å². The molecule has 0 bridgehead atoms. The summed E-state index contributed by atoms with van der Waals surface area (Å²) in [6.07, 6.45) is 0. The summed E-state index contributed by atoms with van der Waals surface area (Å²) in [5, 5.41) is 2.99. The molecule has 0 aliphatic carbocycles. The van der Waals surface area contributed by atoms with E-state index in [2.05, 4.69) is 5.32 Å². The summed E-state index contributed by atoms with van der Waals surface area (Å²) >= 11 is 0. The van der Waals surface area contributed by atoms with Crippen LogP contribution in [0.15, 0.2) is 36.4 Å². The molecule has 0 saturated heterocycles. The predicted octanol–water partition coefficient (Wildman–Crippen LogP) is 4.59. The van der Waals surface area contributed by atoms with Gasteiger partial charge in [-0.05, 0) is 37.6 Å². The lowest BCUT2D eigenvalue weighted by Gasteiger charge is -2.18. The number of aryl methyl sites for hydroxylation is 1. The second kappa shape index (κ2) is 5.34. The Morgan fingerprint density at radius 1 is 1.05 bits per heavy atom. The van der Waals surface area contributed by atoms with Gasteiger partial charge in [0.1, 0.15) is 5.82 Å². The Balaban J connectivity index is 2.28. The number of benzene rings is 2. The van der Waals surface area contributed by atoms with Crippen molar-refractivity contribution in [2.75, 3.05) is 5.32 Å². The van der Waals surface area contributed by atoms with E-state index in [0.717, 1.165) is 11.6 Å². The molecule has 0 amide bonds. The third-order valence-electron chi connectivity index (χ3n) is 3.02. The molecule has 0 fully saturated rings. The zero-order chi connectivity index (χ0) is 14.0. The largest absolute Gasteiger partial charge is 0.378 e. The Kier molecular flexibility index (Phi) is 3.79. The average Bonchev–Trinajstić information content (AvgIpc) is 2.37.